The molecule has 0 aliphatic carbocycles. The van der Waals surface area contributed by atoms with E-state index in [-0.39, 0.29) is 70.4 Å². The van der Waals surface area contributed by atoms with Crippen LogP contribution in [0.25, 0.3) is 16.6 Å². The molecule has 31 heavy (non-hydrogen) atoms. The van der Waals surface area contributed by atoms with Crippen molar-refractivity contribution >= 4 is 24.9 Å². The maximum atomic E-state index is 11.9. The number of benzene rings is 1. The Morgan fingerprint density at radius 3 is 2.48 bits per heavy atom. The molecule has 10 nitrogen and oxygen atoms in total. The predicted octanol–water partition coefficient (Wildman–Crippen LogP) is -5.89. The molecule has 2 atom stereocenters. The van der Waals surface area contributed by atoms with Gasteiger partial charge in [-0.05, 0) is 18.6 Å². The molecule has 0 bridgehead atoms. The number of rotatable bonds is 8. The minimum Gasteiger partial charge on any atom is -0.790 e. The van der Waals surface area contributed by atoms with E-state index in [0.29, 0.717) is 5.52 Å². The number of nitrogens with one attached hydrogen (secondary N) is 1. The largest absolute Gasteiger partial charge is 1.00 e. The molecule has 0 spiro atoms. The summed E-state index contributed by atoms with van der Waals surface area (Å²) in [6, 6.07) is 10.2. The Hall–Kier alpha value is -0.750. The van der Waals surface area contributed by atoms with Crippen LogP contribution in [0.3, 0.4) is 0 Å². The first-order chi connectivity index (χ1) is 13.7. The van der Waals surface area contributed by atoms with Crippen molar-refractivity contribution in [1.82, 2.24) is 9.61 Å². The van der Waals surface area contributed by atoms with Gasteiger partial charge in [0.05, 0.1) is 49.5 Å². The molecule has 2 aromatic heterocycles. The van der Waals surface area contributed by atoms with Crippen molar-refractivity contribution in [2.45, 2.75) is 19.1 Å². The number of nitrogens with two attached hydrogens (primary N) is 1. The van der Waals surface area contributed by atoms with Gasteiger partial charge in [-0.1, -0.05) is 30.3 Å². The second kappa shape index (κ2) is 11.9. The number of aliphatic hydroxyl groups is 1. The van der Waals surface area contributed by atoms with Gasteiger partial charge in [0.1, 0.15) is 0 Å². The number of primary amides is 1. The first kappa shape index (κ1) is 28.3. The van der Waals surface area contributed by atoms with E-state index in [9.17, 15) is 24.3 Å². The fourth-order valence-corrected chi connectivity index (χ4v) is 3.19. The van der Waals surface area contributed by atoms with E-state index >= 15 is 0 Å². The molecule has 4 N–H and O–H groups in total. The Labute approximate surface area is 223 Å². The number of phosphoric acid groups is 1. The molecule has 3 aromatic rings. The number of carbonyl (C=O) groups excluding carboxylic acids is 1. The molecule has 0 unspecified atom stereocenters. The summed E-state index contributed by atoms with van der Waals surface area (Å²) in [5, 5.41) is 17.0. The number of hydrogen-bond acceptors (Lipinski definition) is 8. The average molecular weight is 464 g/mol. The summed E-state index contributed by atoms with van der Waals surface area (Å²) in [5.74, 6) is -0.770. The van der Waals surface area contributed by atoms with Crippen LogP contribution in [0.5, 0.6) is 0 Å². The van der Waals surface area contributed by atoms with Crippen LogP contribution in [-0.2, 0) is 9.09 Å². The zero-order valence-corrected chi connectivity index (χ0v) is 22.3. The van der Waals surface area contributed by atoms with Gasteiger partial charge in [0, 0.05) is 11.8 Å². The molecule has 1 aromatic carbocycles. The van der Waals surface area contributed by atoms with Crippen LogP contribution < -0.4 is 80.0 Å². The Morgan fingerprint density at radius 1 is 1.29 bits per heavy atom. The quantitative estimate of drug-likeness (QED) is 0.219. The molecule has 154 valence electrons. The SMILES string of the molecule is C[C@@H](O)[C@@H](COP(=O)([O-])[O-])Nc1c(C(N)=O)cnn2cc(-c3ccccc3)cc12.[Na+].[Na+]. The summed E-state index contributed by atoms with van der Waals surface area (Å²) in [5.41, 5.74) is 7.92. The summed E-state index contributed by atoms with van der Waals surface area (Å²) >= 11 is 0. The molecule has 13 heteroatoms. The van der Waals surface area contributed by atoms with Crippen LogP contribution in [0.1, 0.15) is 17.3 Å². The average Bonchev–Trinajstić information content (AvgIpc) is 3.09. The molecule has 0 aliphatic rings. The van der Waals surface area contributed by atoms with Crippen LogP contribution in [-0.4, -0.2) is 39.4 Å². The van der Waals surface area contributed by atoms with Gasteiger partial charge in [-0.3, -0.25) is 4.79 Å². The molecule has 3 rings (SSSR count). The van der Waals surface area contributed by atoms with E-state index in [4.69, 9.17) is 5.73 Å². The second-order valence-electron chi connectivity index (χ2n) is 6.46. The zero-order chi connectivity index (χ0) is 21.2. The summed E-state index contributed by atoms with van der Waals surface area (Å²) in [6.45, 7) is 0.762. The van der Waals surface area contributed by atoms with Crippen molar-refractivity contribution in [2.24, 2.45) is 5.73 Å². The monoisotopic (exact) mass is 464 g/mol. The second-order valence-corrected chi connectivity index (χ2v) is 7.61. The topological polar surface area (TPSA) is 165 Å². The molecule has 0 fully saturated rings. The number of fused-ring (bicyclic) bond motifs is 1. The molecule has 0 saturated heterocycles. The van der Waals surface area contributed by atoms with Crippen LogP contribution in [0.2, 0.25) is 0 Å². The van der Waals surface area contributed by atoms with E-state index in [1.54, 1.807) is 12.3 Å². The molecule has 0 saturated carbocycles. The molecular weight excluding hydrogens is 445 g/mol. The Balaban J connectivity index is 0.00000240. The summed E-state index contributed by atoms with van der Waals surface area (Å²) in [4.78, 5) is 33.5. The minimum atomic E-state index is -5.24. The van der Waals surface area contributed by atoms with Crippen LogP contribution in [0.4, 0.5) is 5.69 Å². The van der Waals surface area contributed by atoms with Gasteiger partial charge in [-0.25, -0.2) is 4.52 Å². The summed E-state index contributed by atoms with van der Waals surface area (Å²) in [7, 11) is -5.24. The van der Waals surface area contributed by atoms with Crippen LogP contribution in [0.15, 0.2) is 48.8 Å². The number of aliphatic hydroxyl groups excluding tert-OH is 1. The van der Waals surface area contributed by atoms with E-state index < -0.39 is 32.5 Å². The third kappa shape index (κ3) is 7.38. The maximum Gasteiger partial charge on any atom is 1.00 e. The van der Waals surface area contributed by atoms with E-state index in [0.717, 1.165) is 11.1 Å². The third-order valence-electron chi connectivity index (χ3n) is 4.33. The number of amides is 1. The number of nitrogens with zero attached hydrogens (tertiary/aromatic N) is 2. The number of hydrogen-bond donors (Lipinski definition) is 3. The molecule has 1 amide bonds. The minimum absolute atomic E-state index is 0. The number of anilines is 1. The Kier molecular flexibility index (Phi) is 10.9. The van der Waals surface area contributed by atoms with Crippen molar-refractivity contribution in [3.8, 4) is 11.1 Å². The first-order valence-corrected chi connectivity index (χ1v) is 10.1. The van der Waals surface area contributed by atoms with Gasteiger partial charge >= 0.3 is 59.1 Å². The summed E-state index contributed by atoms with van der Waals surface area (Å²) < 4.78 is 16.6. The smallest absolute Gasteiger partial charge is 0.790 e. The van der Waals surface area contributed by atoms with Gasteiger partial charge in [-0.2, -0.15) is 5.10 Å². The van der Waals surface area contributed by atoms with E-state index in [1.165, 1.54) is 17.6 Å². The van der Waals surface area contributed by atoms with Gasteiger partial charge in [0.25, 0.3) is 5.91 Å². The number of aromatic nitrogens is 2. The molecular formula is C18H19N4Na2O6P. The van der Waals surface area contributed by atoms with Crippen molar-refractivity contribution in [3.63, 3.8) is 0 Å². The Bertz CT molecular complexity index is 1070. The zero-order valence-electron chi connectivity index (χ0n) is 17.4. The molecule has 2 heterocycles. The van der Waals surface area contributed by atoms with E-state index in [1.807, 2.05) is 30.3 Å². The van der Waals surface area contributed by atoms with Gasteiger partial charge in [-0.15, -0.1) is 0 Å². The maximum absolute atomic E-state index is 11.9. The Morgan fingerprint density at radius 2 is 1.94 bits per heavy atom. The van der Waals surface area contributed by atoms with Gasteiger partial charge < -0.3 is 35.0 Å². The van der Waals surface area contributed by atoms with Gasteiger partial charge in [0.15, 0.2) is 0 Å². The normalized spacial score (nSPS) is 13.0. The number of carbonyl (C=O) groups is 1. The van der Waals surface area contributed by atoms with E-state index in [2.05, 4.69) is 14.9 Å². The van der Waals surface area contributed by atoms with Gasteiger partial charge in [0.2, 0.25) is 0 Å². The van der Waals surface area contributed by atoms with Crippen LogP contribution >= 0.6 is 7.82 Å². The standard InChI is InChI=1S/C18H21N4O6P.2Na/c1-11(23)15(10-28-29(25,26)27)21-17-14(18(19)24)8-20-22-9-13(7-16(17)22)12-5-3-2-4-6-12;;/h2-9,11,15,21,23H,10H2,1H3,(H2,19,24)(H2,25,26,27);;/q;2*+1/p-2/t11-,15-;;/m1../s1. The first-order valence-electron chi connectivity index (χ1n) is 8.63. The van der Waals surface area contributed by atoms with Crippen molar-refractivity contribution in [2.75, 3.05) is 11.9 Å². The fraction of sp³-hybridized carbons (Fsp3) is 0.222. The van der Waals surface area contributed by atoms with Crippen molar-refractivity contribution < 1.29 is 87.9 Å². The van der Waals surface area contributed by atoms with Crippen molar-refractivity contribution in [1.29, 1.82) is 0 Å². The van der Waals surface area contributed by atoms with Crippen molar-refractivity contribution in [3.05, 3.63) is 54.4 Å². The predicted molar refractivity (Wildman–Crippen MR) is 102 cm³/mol. The summed E-state index contributed by atoms with van der Waals surface area (Å²) in [6.07, 6.45) is 1.90. The number of phosphoric ester groups is 1. The molecule has 0 aliphatic heterocycles. The third-order valence-corrected chi connectivity index (χ3v) is 4.80. The van der Waals surface area contributed by atoms with Crippen LogP contribution in [0, 0.1) is 0 Å². The fourth-order valence-electron chi connectivity index (χ4n) is 2.84. The molecule has 0 radical (unpaired) electrons.